The van der Waals surface area contributed by atoms with Crippen molar-refractivity contribution in [2.75, 3.05) is 13.0 Å². The number of hydrogen-bond donors (Lipinski definition) is 0. The number of ether oxygens (including phenoxy) is 1. The highest BCUT2D eigenvalue weighted by atomic mass is 35.5. The van der Waals surface area contributed by atoms with Crippen molar-refractivity contribution in [2.24, 2.45) is 0 Å². The molecule has 0 atom stereocenters. The monoisotopic (exact) mass is 361 g/mol. The molecule has 0 saturated carbocycles. The van der Waals surface area contributed by atoms with Crippen molar-refractivity contribution in [2.45, 2.75) is 6.54 Å². The van der Waals surface area contributed by atoms with Gasteiger partial charge < -0.3 is 9.30 Å². The third-order valence-electron chi connectivity index (χ3n) is 4.05. The zero-order chi connectivity index (χ0) is 15.8. The number of imidazole rings is 2. The molecule has 0 saturated heterocycles. The molecule has 0 aliphatic heterocycles. The van der Waals surface area contributed by atoms with Crippen molar-refractivity contribution in [1.82, 2.24) is 14.0 Å². The first-order chi connectivity index (χ1) is 11.3. The van der Waals surface area contributed by atoms with Crippen molar-refractivity contribution < 1.29 is 4.74 Å². The first kappa shape index (κ1) is 16.7. The highest BCUT2D eigenvalue weighted by Crippen LogP contribution is 2.28. The van der Waals surface area contributed by atoms with E-state index in [0.29, 0.717) is 12.4 Å². The van der Waals surface area contributed by atoms with E-state index in [9.17, 15) is 0 Å². The minimum atomic E-state index is 0. The number of alkyl halides is 1. The van der Waals surface area contributed by atoms with E-state index < -0.39 is 0 Å². The molecule has 0 aliphatic carbocycles. The molecule has 2 aromatic carbocycles. The molecule has 4 nitrogen and oxygen atoms in total. The van der Waals surface area contributed by atoms with Crippen LogP contribution in [-0.2, 0) is 6.54 Å². The van der Waals surface area contributed by atoms with Crippen molar-refractivity contribution in [3.05, 3.63) is 54.7 Å². The normalized spacial score (nSPS) is 10.9. The maximum Gasteiger partial charge on any atom is 0.215 e. The Balaban J connectivity index is 0.00000169. The highest BCUT2D eigenvalue weighted by Gasteiger charge is 2.14. The van der Waals surface area contributed by atoms with Gasteiger partial charge >= 0.3 is 0 Å². The average molecular weight is 362 g/mol. The van der Waals surface area contributed by atoms with E-state index in [4.69, 9.17) is 21.3 Å². The molecule has 0 radical (unpaired) electrons. The van der Waals surface area contributed by atoms with Crippen LogP contribution >= 0.6 is 24.0 Å². The summed E-state index contributed by atoms with van der Waals surface area (Å²) in [6.45, 7) is 0.711. The Morgan fingerprint density at radius 2 is 1.83 bits per heavy atom. The predicted octanol–water partition coefficient (Wildman–Crippen LogP) is 4.63. The largest absolute Gasteiger partial charge is 0.497 e. The number of halogens is 2. The third kappa shape index (κ3) is 2.62. The lowest BCUT2D eigenvalue weighted by Gasteiger charge is -2.07. The lowest BCUT2D eigenvalue weighted by atomic mass is 10.1. The Bertz CT molecular complexity index is 973. The van der Waals surface area contributed by atoms with E-state index in [-0.39, 0.29) is 12.4 Å². The molecule has 0 unspecified atom stereocenters. The minimum Gasteiger partial charge on any atom is -0.497 e. The molecule has 0 fully saturated rings. The molecular weight excluding hydrogens is 345 g/mol. The fraction of sp³-hybridized carbons (Fsp3) is 0.167. The molecule has 0 aliphatic rings. The fourth-order valence-electron chi connectivity index (χ4n) is 2.95. The number of benzene rings is 2. The Morgan fingerprint density at radius 3 is 2.54 bits per heavy atom. The van der Waals surface area contributed by atoms with Crippen molar-refractivity contribution in [3.63, 3.8) is 0 Å². The molecule has 2 heterocycles. The maximum atomic E-state index is 6.02. The van der Waals surface area contributed by atoms with Gasteiger partial charge in [-0.2, -0.15) is 0 Å². The molecule has 24 heavy (non-hydrogen) atoms. The van der Waals surface area contributed by atoms with Crippen LogP contribution in [0.2, 0.25) is 0 Å². The van der Waals surface area contributed by atoms with Crippen molar-refractivity contribution >= 4 is 40.8 Å². The van der Waals surface area contributed by atoms with Crippen LogP contribution in [0.1, 0.15) is 0 Å². The van der Waals surface area contributed by atoms with Gasteiger partial charge in [-0.25, -0.2) is 4.98 Å². The van der Waals surface area contributed by atoms with Crippen LogP contribution in [0.4, 0.5) is 0 Å². The van der Waals surface area contributed by atoms with Gasteiger partial charge in [0.15, 0.2) is 0 Å². The summed E-state index contributed by atoms with van der Waals surface area (Å²) in [4.78, 5) is 4.76. The molecule has 124 valence electrons. The Hall–Kier alpha value is -2.17. The second kappa shape index (κ2) is 6.75. The first-order valence-electron chi connectivity index (χ1n) is 7.48. The summed E-state index contributed by atoms with van der Waals surface area (Å²) >= 11 is 6.02. The van der Waals surface area contributed by atoms with Gasteiger partial charge in [0.05, 0.1) is 23.8 Å². The lowest BCUT2D eigenvalue weighted by molar-refractivity contribution is 0.415. The van der Waals surface area contributed by atoms with Crippen LogP contribution in [-0.4, -0.2) is 26.9 Å². The number of para-hydroxylation sites is 2. The van der Waals surface area contributed by atoms with Gasteiger partial charge in [-0.05, 0) is 36.4 Å². The summed E-state index contributed by atoms with van der Waals surface area (Å²) in [6, 6.07) is 16.2. The molecule has 6 heteroatoms. The average Bonchev–Trinajstić information content (AvgIpc) is 3.12. The van der Waals surface area contributed by atoms with Gasteiger partial charge in [-0.1, -0.05) is 12.1 Å². The fourth-order valence-corrected chi connectivity index (χ4v) is 3.12. The Morgan fingerprint density at radius 1 is 1.08 bits per heavy atom. The second-order valence-electron chi connectivity index (χ2n) is 5.35. The van der Waals surface area contributed by atoms with E-state index in [1.165, 1.54) is 0 Å². The van der Waals surface area contributed by atoms with Crippen molar-refractivity contribution in [1.29, 1.82) is 0 Å². The zero-order valence-corrected chi connectivity index (χ0v) is 14.7. The molecule has 0 bridgehead atoms. The number of rotatable bonds is 4. The number of methoxy groups -OCH3 is 1. The molecule has 4 rings (SSSR count). The number of aromatic nitrogens is 3. The summed E-state index contributed by atoms with van der Waals surface area (Å²) < 4.78 is 9.53. The third-order valence-corrected chi connectivity index (χ3v) is 4.22. The van der Waals surface area contributed by atoms with Crippen LogP contribution in [0.15, 0.2) is 54.7 Å². The molecule has 0 amide bonds. The van der Waals surface area contributed by atoms with Crippen LogP contribution in [0.3, 0.4) is 0 Å². The standard InChI is InChI=1S/C18H16ClN3O.ClH/c1-23-14-8-6-13(7-9-14)17-12-22-16-5-3-2-4-15(16)20-18(22)21(17)11-10-19;/h2-9,12H,10-11H2,1H3;1H. The van der Waals surface area contributed by atoms with Gasteiger partial charge in [-0.3, -0.25) is 4.40 Å². The second-order valence-corrected chi connectivity index (χ2v) is 5.73. The van der Waals surface area contributed by atoms with Crippen LogP contribution < -0.4 is 4.74 Å². The number of aryl methyl sites for hydroxylation is 1. The molecule has 0 N–H and O–H groups in total. The minimum absolute atomic E-state index is 0. The zero-order valence-electron chi connectivity index (χ0n) is 13.1. The summed E-state index contributed by atoms with van der Waals surface area (Å²) in [7, 11) is 1.67. The molecule has 0 spiro atoms. The van der Waals surface area contributed by atoms with Gasteiger partial charge in [0.1, 0.15) is 5.75 Å². The Labute approximate surface area is 151 Å². The maximum absolute atomic E-state index is 6.02. The van der Waals surface area contributed by atoms with E-state index in [1.54, 1.807) is 7.11 Å². The van der Waals surface area contributed by atoms with Gasteiger partial charge in [-0.15, -0.1) is 24.0 Å². The van der Waals surface area contributed by atoms with Gasteiger partial charge in [0.2, 0.25) is 5.78 Å². The van der Waals surface area contributed by atoms with Crippen molar-refractivity contribution in [3.8, 4) is 17.0 Å². The summed E-state index contributed by atoms with van der Waals surface area (Å²) in [6.07, 6.45) is 2.12. The van der Waals surface area contributed by atoms with Crippen LogP contribution in [0.25, 0.3) is 28.1 Å². The van der Waals surface area contributed by atoms with E-state index >= 15 is 0 Å². The molecular formula is C18H17Cl2N3O. The SMILES string of the molecule is COc1ccc(-c2cn3c4ccccc4nc3n2CCCl)cc1.Cl. The van der Waals surface area contributed by atoms with E-state index in [0.717, 1.165) is 33.8 Å². The summed E-state index contributed by atoms with van der Waals surface area (Å²) in [5.41, 5.74) is 4.31. The summed E-state index contributed by atoms with van der Waals surface area (Å²) in [5.74, 6) is 2.30. The quantitative estimate of drug-likeness (QED) is 0.496. The smallest absolute Gasteiger partial charge is 0.215 e. The lowest BCUT2D eigenvalue weighted by Crippen LogP contribution is -2.02. The van der Waals surface area contributed by atoms with Crippen LogP contribution in [0.5, 0.6) is 5.75 Å². The molecule has 2 aromatic heterocycles. The van der Waals surface area contributed by atoms with Crippen LogP contribution in [0, 0.1) is 0 Å². The number of nitrogens with zero attached hydrogens (tertiary/aromatic N) is 3. The molecule has 4 aromatic rings. The number of hydrogen-bond acceptors (Lipinski definition) is 2. The first-order valence-corrected chi connectivity index (χ1v) is 8.02. The topological polar surface area (TPSA) is 31.5 Å². The van der Waals surface area contributed by atoms with Gasteiger partial charge in [0, 0.05) is 24.2 Å². The Kier molecular flexibility index (Phi) is 4.69. The number of fused-ring (bicyclic) bond motifs is 3. The van der Waals surface area contributed by atoms with Gasteiger partial charge in [0.25, 0.3) is 0 Å². The predicted molar refractivity (Wildman–Crippen MR) is 101 cm³/mol. The highest BCUT2D eigenvalue weighted by molar-refractivity contribution is 6.17. The van der Waals surface area contributed by atoms with E-state index in [1.807, 2.05) is 30.3 Å². The van der Waals surface area contributed by atoms with E-state index in [2.05, 4.69) is 33.4 Å². The summed E-state index contributed by atoms with van der Waals surface area (Å²) in [5, 5.41) is 0.